The minimum atomic E-state index is -1.53. The first-order chi connectivity index (χ1) is 27.1. The van der Waals surface area contributed by atoms with E-state index in [0.29, 0.717) is 23.0 Å². The van der Waals surface area contributed by atoms with E-state index < -0.39 is 5.54 Å². The van der Waals surface area contributed by atoms with Crippen LogP contribution in [-0.4, -0.2) is 19.9 Å². The van der Waals surface area contributed by atoms with Crippen LogP contribution in [0.15, 0.2) is 170 Å². The van der Waals surface area contributed by atoms with Crippen molar-refractivity contribution in [2.75, 3.05) is 0 Å². The fraction of sp³-hybridized carbons (Fsp3) is 0.0204. The third kappa shape index (κ3) is 5.09. The molecular formula is C49H28N6. The molecule has 1 aliphatic rings. The average Bonchev–Trinajstić information content (AvgIpc) is 3.57. The fourth-order valence-electron chi connectivity index (χ4n) is 7.99. The molecule has 1 aliphatic carbocycles. The highest BCUT2D eigenvalue weighted by Crippen LogP contribution is 2.56. The first-order valence-electron chi connectivity index (χ1n) is 18.0. The Hall–Kier alpha value is -7.80. The van der Waals surface area contributed by atoms with Crippen molar-refractivity contribution < 1.29 is 0 Å². The van der Waals surface area contributed by atoms with Crippen LogP contribution in [0, 0.1) is 17.9 Å². The van der Waals surface area contributed by atoms with E-state index in [4.69, 9.17) is 21.5 Å². The zero-order chi connectivity index (χ0) is 36.9. The van der Waals surface area contributed by atoms with Crippen LogP contribution in [0.2, 0.25) is 0 Å². The van der Waals surface area contributed by atoms with Crippen LogP contribution in [-0.2, 0) is 5.54 Å². The molecule has 7 aromatic carbocycles. The van der Waals surface area contributed by atoms with Gasteiger partial charge in [-0.1, -0.05) is 127 Å². The Morgan fingerprint density at radius 1 is 0.491 bits per heavy atom. The largest absolute Gasteiger partial charge is 0.367 e. The average molecular weight is 701 g/mol. The molecule has 0 bridgehead atoms. The van der Waals surface area contributed by atoms with Gasteiger partial charge < -0.3 is 0 Å². The number of rotatable bonds is 5. The van der Waals surface area contributed by atoms with Crippen LogP contribution in [0.25, 0.3) is 93.9 Å². The normalized spacial score (nSPS) is 14.2. The molecule has 10 rings (SSSR count). The first kappa shape index (κ1) is 31.9. The lowest BCUT2D eigenvalue weighted by Crippen LogP contribution is -2.18. The third-order valence-electron chi connectivity index (χ3n) is 10.5. The number of hydrogen-bond acceptors (Lipinski definition) is 5. The summed E-state index contributed by atoms with van der Waals surface area (Å²) in [5, 5.41) is 15.1. The lowest BCUT2D eigenvalue weighted by atomic mass is 9.84. The fourth-order valence-corrected chi connectivity index (χ4v) is 7.99. The van der Waals surface area contributed by atoms with Crippen LogP contribution in [0.3, 0.4) is 0 Å². The van der Waals surface area contributed by atoms with Gasteiger partial charge in [0.1, 0.15) is 0 Å². The van der Waals surface area contributed by atoms with Crippen molar-refractivity contribution in [1.82, 2.24) is 19.9 Å². The summed E-state index contributed by atoms with van der Waals surface area (Å²) in [5.74, 6) is 1.67. The molecule has 2 aromatic heterocycles. The molecule has 9 aromatic rings. The van der Waals surface area contributed by atoms with Crippen molar-refractivity contribution >= 4 is 21.5 Å². The summed E-state index contributed by atoms with van der Waals surface area (Å²) in [6, 6.07) is 55.2. The predicted molar refractivity (Wildman–Crippen MR) is 218 cm³/mol. The van der Waals surface area contributed by atoms with Crippen LogP contribution >= 0.6 is 0 Å². The molecule has 6 heteroatoms. The summed E-state index contributed by atoms with van der Waals surface area (Å²) < 4.78 is 0. The number of aromatic nitrogens is 4. The van der Waals surface area contributed by atoms with Gasteiger partial charge in [0.05, 0.1) is 11.1 Å². The van der Waals surface area contributed by atoms with Gasteiger partial charge in [-0.3, -0.25) is 9.83 Å². The van der Waals surface area contributed by atoms with Crippen LogP contribution in [0.4, 0.5) is 0 Å². The second-order valence-electron chi connectivity index (χ2n) is 13.6. The molecule has 0 aliphatic heterocycles. The maximum Gasteiger partial charge on any atom is 0.367 e. The van der Waals surface area contributed by atoms with Gasteiger partial charge in [0.15, 0.2) is 23.5 Å². The van der Waals surface area contributed by atoms with Gasteiger partial charge >= 0.3 is 5.54 Å². The van der Waals surface area contributed by atoms with Crippen molar-refractivity contribution in [2.45, 2.75) is 5.54 Å². The van der Waals surface area contributed by atoms with E-state index in [0.717, 1.165) is 77.2 Å². The van der Waals surface area contributed by atoms with Crippen molar-refractivity contribution in [3.8, 4) is 73.6 Å². The van der Waals surface area contributed by atoms with Gasteiger partial charge in [-0.15, -0.1) is 0 Å². The standard InChI is InChI=1S/C49H28N6/c1-51-49(30-50)43-28-33(22-23-42(43)44-40-20-10-8-18-38(40)39-19-9-11-21-41(39)45(44)49)35-25-36(34-17-12-24-52-29-34)27-37(26-35)48-54-46(31-13-4-2-5-14-31)53-47(55-48)32-15-6-3-7-16-32/h2-29H. The maximum atomic E-state index is 11.0. The monoisotopic (exact) mass is 700 g/mol. The number of pyridine rings is 1. The van der Waals surface area contributed by atoms with E-state index >= 15 is 0 Å². The number of nitrogens with zero attached hydrogens (tertiary/aromatic N) is 6. The Morgan fingerprint density at radius 3 is 1.62 bits per heavy atom. The summed E-state index contributed by atoms with van der Waals surface area (Å²) in [6.07, 6.45) is 3.60. The smallest absolute Gasteiger partial charge is 0.283 e. The quantitative estimate of drug-likeness (QED) is 0.132. The van der Waals surface area contributed by atoms with Crippen molar-refractivity contribution in [1.29, 1.82) is 5.26 Å². The van der Waals surface area contributed by atoms with Crippen molar-refractivity contribution in [3.05, 3.63) is 193 Å². The molecule has 6 nitrogen and oxygen atoms in total. The van der Waals surface area contributed by atoms with Gasteiger partial charge in [0.25, 0.3) is 0 Å². The minimum Gasteiger partial charge on any atom is -0.283 e. The molecule has 0 saturated heterocycles. The topological polar surface area (TPSA) is 79.7 Å². The number of nitriles is 1. The predicted octanol–water partition coefficient (Wildman–Crippen LogP) is 11.6. The first-order valence-corrected chi connectivity index (χ1v) is 18.0. The molecule has 0 spiro atoms. The van der Waals surface area contributed by atoms with Gasteiger partial charge in [-0.2, -0.15) is 5.26 Å². The molecule has 0 fully saturated rings. The summed E-state index contributed by atoms with van der Waals surface area (Å²) in [6.45, 7) is 8.62. The molecule has 254 valence electrons. The summed E-state index contributed by atoms with van der Waals surface area (Å²) >= 11 is 0. The lowest BCUT2D eigenvalue weighted by molar-refractivity contribution is 0.864. The second kappa shape index (κ2) is 12.7. The van der Waals surface area contributed by atoms with E-state index in [1.807, 2.05) is 115 Å². The van der Waals surface area contributed by atoms with Gasteiger partial charge in [-0.25, -0.2) is 21.5 Å². The number of fused-ring (bicyclic) bond motifs is 8. The van der Waals surface area contributed by atoms with E-state index in [2.05, 4.69) is 64.4 Å². The van der Waals surface area contributed by atoms with E-state index in [-0.39, 0.29) is 0 Å². The SMILES string of the molecule is [C-]#[N+]C1(C#N)c2cc(-c3cc(-c4cccnc4)cc(-c4nc(-c5ccccc5)nc(-c5ccccc5)n4)c3)ccc2-c2c1c1ccccc1c1ccccc21. The zero-order valence-electron chi connectivity index (χ0n) is 29.3. The van der Waals surface area contributed by atoms with Gasteiger partial charge in [0, 0.05) is 40.2 Å². The van der Waals surface area contributed by atoms with Crippen LogP contribution in [0.5, 0.6) is 0 Å². The molecule has 0 N–H and O–H groups in total. The molecular weight excluding hydrogens is 673 g/mol. The third-order valence-corrected chi connectivity index (χ3v) is 10.5. The van der Waals surface area contributed by atoms with E-state index in [1.165, 1.54) is 0 Å². The minimum absolute atomic E-state index is 0.527. The Bertz CT molecular complexity index is 2980. The van der Waals surface area contributed by atoms with Gasteiger partial charge in [-0.05, 0) is 74.1 Å². The maximum absolute atomic E-state index is 11.0. The highest BCUT2D eigenvalue weighted by atomic mass is 15.0. The lowest BCUT2D eigenvalue weighted by Gasteiger charge is -2.15. The van der Waals surface area contributed by atoms with Crippen molar-refractivity contribution in [2.24, 2.45) is 0 Å². The van der Waals surface area contributed by atoms with E-state index in [1.54, 1.807) is 6.20 Å². The molecule has 1 unspecified atom stereocenters. The van der Waals surface area contributed by atoms with Crippen LogP contribution < -0.4 is 0 Å². The van der Waals surface area contributed by atoms with Crippen molar-refractivity contribution in [3.63, 3.8) is 0 Å². The highest BCUT2D eigenvalue weighted by molar-refractivity contribution is 6.19. The number of hydrogen-bond donors (Lipinski definition) is 0. The van der Waals surface area contributed by atoms with Gasteiger partial charge in [0.2, 0.25) is 0 Å². The van der Waals surface area contributed by atoms with Crippen LogP contribution in [0.1, 0.15) is 11.1 Å². The zero-order valence-corrected chi connectivity index (χ0v) is 29.3. The summed E-state index contributed by atoms with van der Waals surface area (Å²) in [4.78, 5) is 23.6. The highest BCUT2D eigenvalue weighted by Gasteiger charge is 2.52. The Balaban J connectivity index is 1.21. The molecule has 0 saturated carbocycles. The molecule has 2 heterocycles. The Morgan fingerprint density at radius 2 is 1.02 bits per heavy atom. The molecule has 0 radical (unpaired) electrons. The summed E-state index contributed by atoms with van der Waals surface area (Å²) in [7, 11) is 0. The Kier molecular flexibility index (Phi) is 7.37. The van der Waals surface area contributed by atoms with E-state index in [9.17, 15) is 5.26 Å². The molecule has 0 amide bonds. The summed E-state index contributed by atoms with van der Waals surface area (Å²) in [5.41, 5.74) is 7.96. The molecule has 55 heavy (non-hydrogen) atoms. The second-order valence-corrected chi connectivity index (χ2v) is 13.6. The molecule has 1 atom stereocenters. The Labute approximate surface area is 317 Å². The number of benzene rings is 7.